The number of halogens is 3. The van der Waals surface area contributed by atoms with Gasteiger partial charge < -0.3 is 10.1 Å². The van der Waals surface area contributed by atoms with Crippen molar-refractivity contribution < 1.29 is 22.7 Å². The molecule has 0 radical (unpaired) electrons. The fraction of sp³-hybridized carbons (Fsp3) is 0.400. The van der Waals surface area contributed by atoms with Crippen LogP contribution >= 0.6 is 0 Å². The number of alkyl halides is 3. The minimum Gasteiger partial charge on any atom is -0.366 e. The van der Waals surface area contributed by atoms with E-state index in [1.807, 2.05) is 45.0 Å². The van der Waals surface area contributed by atoms with E-state index in [2.05, 4.69) is 5.32 Å². The van der Waals surface area contributed by atoms with Crippen LogP contribution in [0.25, 0.3) is 10.9 Å². The van der Waals surface area contributed by atoms with E-state index in [1.54, 1.807) is 11.5 Å². The Morgan fingerprint density at radius 2 is 1.94 bits per heavy atom. The first kappa shape index (κ1) is 22.4. The van der Waals surface area contributed by atoms with Crippen LogP contribution in [0.15, 0.2) is 42.5 Å². The van der Waals surface area contributed by atoms with Crippen molar-refractivity contribution in [1.29, 1.82) is 0 Å². The van der Waals surface area contributed by atoms with Crippen LogP contribution < -0.4 is 5.32 Å². The van der Waals surface area contributed by atoms with Crippen molar-refractivity contribution in [3.05, 3.63) is 64.8 Å². The van der Waals surface area contributed by atoms with Crippen LogP contribution in [0.3, 0.4) is 0 Å². The Morgan fingerprint density at radius 1 is 1.22 bits per heavy atom. The Hall–Kier alpha value is -2.80. The predicted octanol–water partition coefficient (Wildman–Crippen LogP) is 7.24. The molecule has 3 aromatic rings. The summed E-state index contributed by atoms with van der Waals surface area (Å²) in [4.78, 5) is 13.5. The van der Waals surface area contributed by atoms with Crippen LogP contribution in [-0.4, -0.2) is 16.2 Å². The molecule has 7 heteroatoms. The summed E-state index contributed by atoms with van der Waals surface area (Å²) in [5.41, 5.74) is 1.95. The summed E-state index contributed by atoms with van der Waals surface area (Å²) >= 11 is 0. The molecule has 4 rings (SSSR count). The summed E-state index contributed by atoms with van der Waals surface area (Å²) in [6.45, 7) is 7.66. The number of amides is 1. The Kier molecular flexibility index (Phi) is 5.57. The average molecular weight is 444 g/mol. The van der Waals surface area contributed by atoms with E-state index in [0.717, 1.165) is 47.1 Å². The topological polar surface area (TPSA) is 43.3 Å². The van der Waals surface area contributed by atoms with Gasteiger partial charge in [-0.2, -0.15) is 13.2 Å². The second kappa shape index (κ2) is 7.96. The molecule has 1 aliphatic heterocycles. The molecule has 2 aromatic carbocycles. The second-order valence-electron chi connectivity index (χ2n) is 9.01. The van der Waals surface area contributed by atoms with E-state index in [9.17, 15) is 18.0 Å². The highest BCUT2D eigenvalue weighted by Gasteiger charge is 2.35. The van der Waals surface area contributed by atoms with Gasteiger partial charge >= 0.3 is 12.2 Å². The van der Waals surface area contributed by atoms with Crippen molar-refractivity contribution in [1.82, 2.24) is 4.57 Å². The molecule has 0 aliphatic carbocycles. The van der Waals surface area contributed by atoms with E-state index in [4.69, 9.17) is 4.74 Å². The molecule has 4 nitrogen and oxygen atoms in total. The van der Waals surface area contributed by atoms with Gasteiger partial charge in [-0.1, -0.05) is 25.1 Å². The van der Waals surface area contributed by atoms with Crippen LogP contribution in [0, 0.1) is 6.92 Å². The minimum absolute atomic E-state index is 0.108. The largest absolute Gasteiger partial charge is 0.416 e. The molecule has 0 unspecified atom stereocenters. The van der Waals surface area contributed by atoms with Crippen molar-refractivity contribution >= 4 is 22.6 Å². The fourth-order valence-electron chi connectivity index (χ4n) is 4.55. The number of hydrogen-bond donors (Lipinski definition) is 1. The Balaban J connectivity index is 1.83. The van der Waals surface area contributed by atoms with Gasteiger partial charge in [-0.25, -0.2) is 4.79 Å². The number of anilines is 1. The van der Waals surface area contributed by atoms with Crippen LogP contribution in [0.2, 0.25) is 0 Å². The molecule has 0 saturated heterocycles. The number of nitrogens with one attached hydrogen (secondary N) is 1. The number of aryl methyl sites for hydroxylation is 2. The van der Waals surface area contributed by atoms with Gasteiger partial charge in [-0.15, -0.1) is 0 Å². The first-order chi connectivity index (χ1) is 15.0. The maximum atomic E-state index is 13.5. The lowest BCUT2D eigenvalue weighted by Gasteiger charge is -2.28. The highest BCUT2D eigenvalue weighted by atomic mass is 19.4. The van der Waals surface area contributed by atoms with E-state index in [1.165, 1.54) is 6.07 Å². The lowest BCUT2D eigenvalue weighted by atomic mass is 9.98. The van der Waals surface area contributed by atoms with Crippen molar-refractivity contribution in [3.8, 4) is 0 Å². The van der Waals surface area contributed by atoms with Crippen molar-refractivity contribution in [2.75, 3.05) is 5.32 Å². The number of para-hydroxylation sites is 1. The lowest BCUT2D eigenvalue weighted by Crippen LogP contribution is -2.28. The van der Waals surface area contributed by atoms with Crippen LogP contribution in [0.4, 0.5) is 23.7 Å². The Morgan fingerprint density at radius 3 is 2.62 bits per heavy atom. The molecular formula is C25H27F3N2O2. The molecule has 1 aliphatic rings. The summed E-state index contributed by atoms with van der Waals surface area (Å²) in [5, 5.41) is 3.66. The summed E-state index contributed by atoms with van der Waals surface area (Å²) in [5.74, 6) is 0. The maximum Gasteiger partial charge on any atom is 0.416 e. The lowest BCUT2D eigenvalue weighted by molar-refractivity contribution is -0.137. The number of aromatic nitrogens is 1. The normalized spacial score (nSPS) is 18.3. The van der Waals surface area contributed by atoms with Gasteiger partial charge in [-0.05, 0) is 75.4 Å². The van der Waals surface area contributed by atoms with Crippen molar-refractivity contribution in [2.45, 2.75) is 64.8 Å². The number of nitrogens with zero attached hydrogens (tertiary/aromatic N) is 1. The van der Waals surface area contributed by atoms with Gasteiger partial charge in [0.1, 0.15) is 0 Å². The van der Waals surface area contributed by atoms with Gasteiger partial charge in [0.25, 0.3) is 0 Å². The SMILES string of the molecule is CC[C@@H]1OC(C)(C)CCc2c1n(C(=O)Nc1cc(C)cc(C(F)(F)F)c1)c1ccccc21. The molecular weight excluding hydrogens is 417 g/mol. The van der Waals surface area contributed by atoms with Gasteiger partial charge in [0.15, 0.2) is 0 Å². The van der Waals surface area contributed by atoms with Gasteiger partial charge in [0.2, 0.25) is 0 Å². The standard InChI is InChI=1S/C25H27F3N2O2/c1-5-21-22-19(10-11-24(3,4)32-21)18-8-6-7-9-20(18)30(22)23(31)29-17-13-15(2)12-16(14-17)25(26,27)28/h6-9,12-14,21H,5,10-11H2,1-4H3,(H,29,31)/t21-/m0/s1. The molecule has 1 aromatic heterocycles. The number of carbonyl (C=O) groups is 1. The van der Waals surface area contributed by atoms with Crippen molar-refractivity contribution in [3.63, 3.8) is 0 Å². The maximum absolute atomic E-state index is 13.5. The van der Waals surface area contributed by atoms with Crippen LogP contribution in [0.1, 0.15) is 62.1 Å². The zero-order valence-electron chi connectivity index (χ0n) is 18.6. The zero-order chi connectivity index (χ0) is 23.3. The molecule has 0 bridgehead atoms. The molecule has 32 heavy (non-hydrogen) atoms. The highest BCUT2D eigenvalue weighted by molar-refractivity contribution is 6.01. The number of benzene rings is 2. The quantitative estimate of drug-likeness (QED) is 0.453. The average Bonchev–Trinajstić information content (AvgIpc) is 2.96. The van der Waals surface area contributed by atoms with Crippen LogP contribution in [0.5, 0.6) is 0 Å². The summed E-state index contributed by atoms with van der Waals surface area (Å²) in [6, 6.07) is 10.7. The van der Waals surface area contributed by atoms with Crippen molar-refractivity contribution in [2.24, 2.45) is 0 Å². The van der Waals surface area contributed by atoms with E-state index < -0.39 is 17.8 Å². The zero-order valence-corrected chi connectivity index (χ0v) is 18.6. The monoisotopic (exact) mass is 444 g/mol. The number of ether oxygens (including phenoxy) is 1. The molecule has 1 atom stereocenters. The number of fused-ring (bicyclic) bond motifs is 3. The molecule has 0 fully saturated rings. The summed E-state index contributed by atoms with van der Waals surface area (Å²) in [6.07, 6.45) is -2.57. The van der Waals surface area contributed by atoms with E-state index in [-0.39, 0.29) is 17.4 Å². The minimum atomic E-state index is -4.49. The van der Waals surface area contributed by atoms with E-state index >= 15 is 0 Å². The third-order valence-corrected chi connectivity index (χ3v) is 5.99. The number of hydrogen-bond acceptors (Lipinski definition) is 2. The van der Waals surface area contributed by atoms with Gasteiger partial charge in [0, 0.05) is 11.1 Å². The first-order valence-electron chi connectivity index (χ1n) is 10.8. The molecule has 1 N–H and O–H groups in total. The molecule has 0 spiro atoms. The van der Waals surface area contributed by atoms with Gasteiger partial charge in [-0.3, -0.25) is 4.57 Å². The molecule has 1 amide bonds. The third-order valence-electron chi connectivity index (χ3n) is 5.99. The first-order valence-corrected chi connectivity index (χ1v) is 10.8. The second-order valence-corrected chi connectivity index (χ2v) is 9.01. The molecule has 2 heterocycles. The summed E-state index contributed by atoms with van der Waals surface area (Å²) in [7, 11) is 0. The Labute approximate surface area is 185 Å². The molecule has 0 saturated carbocycles. The third kappa shape index (κ3) is 4.13. The number of rotatable bonds is 2. The number of carbonyl (C=O) groups excluding carboxylic acids is 1. The fourth-order valence-corrected chi connectivity index (χ4v) is 4.55. The summed E-state index contributed by atoms with van der Waals surface area (Å²) < 4.78 is 47.8. The van der Waals surface area contributed by atoms with E-state index in [0.29, 0.717) is 12.0 Å². The van der Waals surface area contributed by atoms with Crippen LogP contribution in [-0.2, 0) is 17.3 Å². The molecule has 170 valence electrons. The smallest absolute Gasteiger partial charge is 0.366 e. The Bertz CT molecular complexity index is 1180. The highest BCUT2D eigenvalue weighted by Crippen LogP contribution is 2.41. The predicted molar refractivity (Wildman–Crippen MR) is 119 cm³/mol. The van der Waals surface area contributed by atoms with Gasteiger partial charge in [0.05, 0.1) is 28.5 Å².